The lowest BCUT2D eigenvalue weighted by Gasteiger charge is -2.32. The van der Waals surface area contributed by atoms with Crippen LogP contribution in [-0.4, -0.2) is 29.2 Å². The fourth-order valence-corrected chi connectivity index (χ4v) is 2.19. The summed E-state index contributed by atoms with van der Waals surface area (Å²) in [7, 11) is 0. The summed E-state index contributed by atoms with van der Waals surface area (Å²) in [6, 6.07) is 0. The Morgan fingerprint density at radius 1 is 1.29 bits per heavy atom. The average Bonchev–Trinajstić information content (AvgIpc) is 2.26. The van der Waals surface area contributed by atoms with Crippen molar-refractivity contribution in [1.29, 1.82) is 0 Å². The molecule has 0 spiro atoms. The van der Waals surface area contributed by atoms with Crippen LogP contribution in [0, 0.1) is 5.92 Å². The molecule has 5 heteroatoms. The predicted molar refractivity (Wildman–Crippen MR) is 59.2 cm³/mol. The van der Waals surface area contributed by atoms with Gasteiger partial charge in [0.05, 0.1) is 6.10 Å². The van der Waals surface area contributed by atoms with Gasteiger partial charge in [0, 0.05) is 0 Å². The Hall–Kier alpha value is -0.710. The van der Waals surface area contributed by atoms with Gasteiger partial charge in [-0.15, -0.1) is 0 Å². The third-order valence-corrected chi connectivity index (χ3v) is 3.14. The number of aliphatic carboxylic acids is 1. The van der Waals surface area contributed by atoms with Crippen molar-refractivity contribution in [2.45, 2.75) is 64.1 Å². The van der Waals surface area contributed by atoms with Gasteiger partial charge in [-0.1, -0.05) is 33.1 Å². The van der Waals surface area contributed by atoms with E-state index in [9.17, 15) is 13.6 Å². The second kappa shape index (κ2) is 5.76. The van der Waals surface area contributed by atoms with Crippen LogP contribution in [0.15, 0.2) is 0 Å². The van der Waals surface area contributed by atoms with E-state index in [0.29, 0.717) is 0 Å². The Morgan fingerprint density at radius 3 is 2.24 bits per heavy atom. The number of carboxylic acids is 1. The molecule has 0 heterocycles. The Labute approximate surface area is 100 Å². The van der Waals surface area contributed by atoms with Gasteiger partial charge in [0.2, 0.25) is 0 Å². The first kappa shape index (κ1) is 14.4. The van der Waals surface area contributed by atoms with E-state index in [1.807, 2.05) is 0 Å². The first-order valence-corrected chi connectivity index (χ1v) is 6.12. The molecule has 1 unspecified atom stereocenters. The van der Waals surface area contributed by atoms with Crippen LogP contribution in [0.4, 0.5) is 8.78 Å². The van der Waals surface area contributed by atoms with Gasteiger partial charge >= 0.3 is 11.9 Å². The summed E-state index contributed by atoms with van der Waals surface area (Å²) < 4.78 is 32.3. The average molecular weight is 250 g/mol. The summed E-state index contributed by atoms with van der Waals surface area (Å²) in [6.45, 7) is 3.12. The predicted octanol–water partition coefficient (Wildman–Crippen LogP) is 3.08. The van der Waals surface area contributed by atoms with E-state index in [1.165, 1.54) is 0 Å². The Kier molecular flexibility index (Phi) is 4.86. The van der Waals surface area contributed by atoms with E-state index < -0.39 is 23.9 Å². The van der Waals surface area contributed by atoms with E-state index in [2.05, 4.69) is 0 Å². The minimum absolute atomic E-state index is 0.221. The summed E-state index contributed by atoms with van der Waals surface area (Å²) in [6.07, 6.45) is 2.77. The first-order valence-electron chi connectivity index (χ1n) is 6.12. The SMILES string of the molecule is CC(C)C(OC1CCCCC1)C(F)(F)C(=O)O. The zero-order chi connectivity index (χ0) is 13.1. The highest BCUT2D eigenvalue weighted by atomic mass is 19.3. The molecule has 0 aromatic heterocycles. The van der Waals surface area contributed by atoms with Crippen LogP contribution in [0.2, 0.25) is 0 Å². The molecule has 1 saturated carbocycles. The van der Waals surface area contributed by atoms with Crippen molar-refractivity contribution >= 4 is 5.97 Å². The molecule has 0 bridgehead atoms. The number of carboxylic acid groups (broad SMARTS) is 1. The molecule has 0 aromatic carbocycles. The number of alkyl halides is 2. The van der Waals surface area contributed by atoms with Crippen LogP contribution >= 0.6 is 0 Å². The Morgan fingerprint density at radius 2 is 1.82 bits per heavy atom. The maximum Gasteiger partial charge on any atom is 0.377 e. The second-order valence-electron chi connectivity index (χ2n) is 4.99. The molecule has 1 rings (SSSR count). The largest absolute Gasteiger partial charge is 0.477 e. The molecular formula is C12H20F2O3. The summed E-state index contributed by atoms with van der Waals surface area (Å²) in [5.41, 5.74) is 0. The number of ether oxygens (including phenoxy) is 1. The zero-order valence-corrected chi connectivity index (χ0v) is 10.3. The molecule has 1 N–H and O–H groups in total. The summed E-state index contributed by atoms with van der Waals surface area (Å²) in [5.74, 6) is -6.44. The lowest BCUT2D eigenvalue weighted by molar-refractivity contribution is -0.205. The molecule has 1 aliphatic rings. The third kappa shape index (κ3) is 3.63. The quantitative estimate of drug-likeness (QED) is 0.815. The van der Waals surface area contributed by atoms with Gasteiger partial charge in [-0.05, 0) is 18.8 Å². The molecule has 0 radical (unpaired) electrons. The van der Waals surface area contributed by atoms with Crippen LogP contribution in [0.1, 0.15) is 46.0 Å². The number of carbonyl (C=O) groups is 1. The molecule has 17 heavy (non-hydrogen) atoms. The minimum atomic E-state index is -3.81. The molecule has 0 aliphatic heterocycles. The van der Waals surface area contributed by atoms with Gasteiger partial charge in [-0.3, -0.25) is 0 Å². The van der Waals surface area contributed by atoms with Gasteiger partial charge in [-0.2, -0.15) is 8.78 Å². The summed E-state index contributed by atoms with van der Waals surface area (Å²) in [4.78, 5) is 10.6. The lowest BCUT2D eigenvalue weighted by Crippen LogP contribution is -2.48. The van der Waals surface area contributed by atoms with Crippen molar-refractivity contribution in [1.82, 2.24) is 0 Å². The molecule has 1 atom stereocenters. The van der Waals surface area contributed by atoms with Crippen molar-refractivity contribution in [2.75, 3.05) is 0 Å². The van der Waals surface area contributed by atoms with E-state index in [0.717, 1.165) is 32.1 Å². The summed E-state index contributed by atoms with van der Waals surface area (Å²) >= 11 is 0. The topological polar surface area (TPSA) is 46.5 Å². The van der Waals surface area contributed by atoms with Crippen LogP contribution in [-0.2, 0) is 9.53 Å². The molecule has 0 saturated heterocycles. The third-order valence-electron chi connectivity index (χ3n) is 3.14. The maximum absolute atomic E-state index is 13.5. The zero-order valence-electron chi connectivity index (χ0n) is 10.3. The van der Waals surface area contributed by atoms with E-state index in [4.69, 9.17) is 9.84 Å². The molecule has 0 aromatic rings. The van der Waals surface area contributed by atoms with Gasteiger partial charge in [-0.25, -0.2) is 4.79 Å². The normalized spacial score (nSPS) is 20.5. The monoisotopic (exact) mass is 250 g/mol. The smallest absolute Gasteiger partial charge is 0.377 e. The van der Waals surface area contributed by atoms with Gasteiger partial charge in [0.15, 0.2) is 0 Å². The molecule has 1 aliphatic carbocycles. The standard InChI is InChI=1S/C12H20F2O3/c1-8(2)10(12(13,14)11(15)16)17-9-6-4-3-5-7-9/h8-10H,3-7H2,1-2H3,(H,15,16). The number of halogens is 2. The van der Waals surface area contributed by atoms with E-state index in [-0.39, 0.29) is 6.10 Å². The molecule has 100 valence electrons. The van der Waals surface area contributed by atoms with Crippen molar-refractivity contribution in [3.63, 3.8) is 0 Å². The van der Waals surface area contributed by atoms with Crippen LogP contribution in [0.5, 0.6) is 0 Å². The first-order chi connectivity index (χ1) is 7.85. The van der Waals surface area contributed by atoms with E-state index >= 15 is 0 Å². The minimum Gasteiger partial charge on any atom is -0.477 e. The van der Waals surface area contributed by atoms with Gasteiger partial charge in [0.25, 0.3) is 0 Å². The van der Waals surface area contributed by atoms with Gasteiger partial charge in [0.1, 0.15) is 6.10 Å². The van der Waals surface area contributed by atoms with Crippen LogP contribution in [0.25, 0.3) is 0 Å². The lowest BCUT2D eigenvalue weighted by atomic mass is 9.95. The van der Waals surface area contributed by atoms with Crippen molar-refractivity contribution in [3.05, 3.63) is 0 Å². The number of rotatable bonds is 5. The van der Waals surface area contributed by atoms with E-state index in [1.54, 1.807) is 13.8 Å². The fourth-order valence-electron chi connectivity index (χ4n) is 2.19. The fraction of sp³-hybridized carbons (Fsp3) is 0.917. The maximum atomic E-state index is 13.5. The highest BCUT2D eigenvalue weighted by Gasteiger charge is 2.50. The van der Waals surface area contributed by atoms with Gasteiger partial charge < -0.3 is 9.84 Å². The van der Waals surface area contributed by atoms with Crippen molar-refractivity contribution in [3.8, 4) is 0 Å². The number of hydrogen-bond donors (Lipinski definition) is 1. The Bertz CT molecular complexity index is 260. The van der Waals surface area contributed by atoms with Crippen molar-refractivity contribution < 1.29 is 23.4 Å². The number of hydrogen-bond acceptors (Lipinski definition) is 2. The highest BCUT2D eigenvalue weighted by molar-refractivity contribution is 5.76. The van der Waals surface area contributed by atoms with Crippen LogP contribution in [0.3, 0.4) is 0 Å². The highest BCUT2D eigenvalue weighted by Crippen LogP contribution is 2.31. The Balaban J connectivity index is 2.68. The molecular weight excluding hydrogens is 230 g/mol. The second-order valence-corrected chi connectivity index (χ2v) is 4.99. The molecule has 1 fully saturated rings. The van der Waals surface area contributed by atoms with Crippen molar-refractivity contribution in [2.24, 2.45) is 5.92 Å². The van der Waals surface area contributed by atoms with Crippen LogP contribution < -0.4 is 0 Å². The molecule has 3 nitrogen and oxygen atoms in total. The summed E-state index contributed by atoms with van der Waals surface area (Å²) in [5, 5.41) is 8.56. The molecule has 0 amide bonds.